The molecule has 18 heavy (non-hydrogen) atoms. The van der Waals surface area contributed by atoms with E-state index in [0.717, 1.165) is 18.3 Å². The summed E-state index contributed by atoms with van der Waals surface area (Å²) in [6.45, 7) is 3.18. The Labute approximate surface area is 110 Å². The van der Waals surface area contributed by atoms with Gasteiger partial charge in [0, 0.05) is 11.6 Å². The minimum Gasteiger partial charge on any atom is -0.491 e. The van der Waals surface area contributed by atoms with Gasteiger partial charge in [0.2, 0.25) is 0 Å². The first kappa shape index (κ1) is 12.0. The predicted molar refractivity (Wildman–Crippen MR) is 73.9 cm³/mol. The third-order valence-corrected chi connectivity index (χ3v) is 4.39. The Balaban J connectivity index is 1.64. The Morgan fingerprint density at radius 3 is 2.94 bits per heavy atom. The quantitative estimate of drug-likeness (QED) is 0.803. The van der Waals surface area contributed by atoms with Crippen molar-refractivity contribution < 1.29 is 4.74 Å². The van der Waals surface area contributed by atoms with Gasteiger partial charge in [0.25, 0.3) is 0 Å². The van der Waals surface area contributed by atoms with Crippen LogP contribution in [-0.4, -0.2) is 12.6 Å². The van der Waals surface area contributed by atoms with Gasteiger partial charge >= 0.3 is 0 Å². The van der Waals surface area contributed by atoms with Crippen LogP contribution in [0.2, 0.25) is 0 Å². The highest BCUT2D eigenvalue weighted by Gasteiger charge is 2.26. The van der Waals surface area contributed by atoms with Gasteiger partial charge in [0.1, 0.15) is 12.4 Å². The van der Waals surface area contributed by atoms with Crippen LogP contribution in [-0.2, 0) is 0 Å². The molecule has 1 aromatic rings. The first-order chi connectivity index (χ1) is 8.83. The molecule has 0 bridgehead atoms. The standard InChI is InChI=1S/C16H23NO/c1-12-5-4-6-13(10-9-12)17-15-11-18-16-8-3-2-7-14(15)16/h2-3,7-8,12-13,15,17H,4-6,9-11H2,1H3. The smallest absolute Gasteiger partial charge is 0.124 e. The molecule has 0 saturated heterocycles. The second kappa shape index (κ2) is 5.31. The maximum atomic E-state index is 5.74. The molecule has 1 aliphatic heterocycles. The second-order valence-electron chi connectivity index (χ2n) is 5.88. The van der Waals surface area contributed by atoms with Crippen molar-refractivity contribution in [3.8, 4) is 5.75 Å². The minimum absolute atomic E-state index is 0.402. The Morgan fingerprint density at radius 1 is 1.11 bits per heavy atom. The van der Waals surface area contributed by atoms with Crippen molar-refractivity contribution in [1.82, 2.24) is 5.32 Å². The van der Waals surface area contributed by atoms with E-state index in [-0.39, 0.29) is 0 Å². The van der Waals surface area contributed by atoms with E-state index in [1.165, 1.54) is 37.7 Å². The number of benzene rings is 1. The van der Waals surface area contributed by atoms with Crippen LogP contribution >= 0.6 is 0 Å². The zero-order valence-corrected chi connectivity index (χ0v) is 11.2. The number of fused-ring (bicyclic) bond motifs is 1. The fourth-order valence-electron chi connectivity index (χ4n) is 3.24. The topological polar surface area (TPSA) is 21.3 Å². The van der Waals surface area contributed by atoms with Crippen LogP contribution in [0.1, 0.15) is 50.6 Å². The first-order valence-corrected chi connectivity index (χ1v) is 7.30. The van der Waals surface area contributed by atoms with E-state index in [2.05, 4.69) is 36.5 Å². The highest BCUT2D eigenvalue weighted by molar-refractivity contribution is 5.39. The highest BCUT2D eigenvalue weighted by Crippen LogP contribution is 2.33. The average molecular weight is 245 g/mol. The number of ether oxygens (including phenoxy) is 1. The Hall–Kier alpha value is -1.02. The van der Waals surface area contributed by atoms with E-state index in [9.17, 15) is 0 Å². The summed E-state index contributed by atoms with van der Waals surface area (Å²) in [5.41, 5.74) is 1.34. The fraction of sp³-hybridized carbons (Fsp3) is 0.625. The number of hydrogen-bond donors (Lipinski definition) is 1. The summed E-state index contributed by atoms with van der Waals surface area (Å²) in [4.78, 5) is 0. The monoisotopic (exact) mass is 245 g/mol. The number of nitrogens with one attached hydrogen (secondary N) is 1. The summed E-state index contributed by atoms with van der Waals surface area (Å²) < 4.78 is 5.74. The zero-order chi connectivity index (χ0) is 12.4. The van der Waals surface area contributed by atoms with Crippen LogP contribution in [0.4, 0.5) is 0 Å². The van der Waals surface area contributed by atoms with Gasteiger partial charge in [-0.25, -0.2) is 0 Å². The zero-order valence-electron chi connectivity index (χ0n) is 11.2. The third-order valence-electron chi connectivity index (χ3n) is 4.39. The van der Waals surface area contributed by atoms with E-state index in [1.54, 1.807) is 0 Å². The Kier molecular flexibility index (Phi) is 3.55. The van der Waals surface area contributed by atoms with Crippen molar-refractivity contribution in [2.75, 3.05) is 6.61 Å². The van der Waals surface area contributed by atoms with Crippen molar-refractivity contribution in [3.63, 3.8) is 0 Å². The van der Waals surface area contributed by atoms with Crippen LogP contribution in [0.15, 0.2) is 24.3 Å². The summed E-state index contributed by atoms with van der Waals surface area (Å²) in [6, 6.07) is 9.51. The van der Waals surface area contributed by atoms with Crippen molar-refractivity contribution in [3.05, 3.63) is 29.8 Å². The molecule has 0 amide bonds. The number of rotatable bonds is 2. The van der Waals surface area contributed by atoms with Crippen LogP contribution in [0.3, 0.4) is 0 Å². The van der Waals surface area contributed by atoms with E-state index >= 15 is 0 Å². The van der Waals surface area contributed by atoms with E-state index in [4.69, 9.17) is 4.74 Å². The molecular formula is C16H23NO. The lowest BCUT2D eigenvalue weighted by atomic mass is 10.0. The fourth-order valence-corrected chi connectivity index (χ4v) is 3.24. The summed E-state index contributed by atoms with van der Waals surface area (Å²) in [5, 5.41) is 3.81. The largest absolute Gasteiger partial charge is 0.491 e. The van der Waals surface area contributed by atoms with Crippen molar-refractivity contribution in [2.24, 2.45) is 5.92 Å². The Morgan fingerprint density at radius 2 is 2.00 bits per heavy atom. The molecule has 2 aliphatic rings. The van der Waals surface area contributed by atoms with Gasteiger partial charge in [-0.3, -0.25) is 0 Å². The summed E-state index contributed by atoms with van der Waals surface area (Å²) in [7, 11) is 0. The summed E-state index contributed by atoms with van der Waals surface area (Å²) in [5.74, 6) is 1.97. The molecule has 2 nitrogen and oxygen atoms in total. The lowest BCUT2D eigenvalue weighted by Crippen LogP contribution is -2.33. The van der Waals surface area contributed by atoms with Crippen molar-refractivity contribution in [2.45, 2.75) is 51.1 Å². The lowest BCUT2D eigenvalue weighted by molar-refractivity contribution is 0.289. The molecule has 1 heterocycles. The number of hydrogen-bond acceptors (Lipinski definition) is 2. The van der Waals surface area contributed by atoms with Gasteiger partial charge in [-0.05, 0) is 31.2 Å². The van der Waals surface area contributed by atoms with Gasteiger partial charge in [0.05, 0.1) is 6.04 Å². The molecular weight excluding hydrogens is 222 g/mol. The van der Waals surface area contributed by atoms with Crippen LogP contribution in [0.5, 0.6) is 5.75 Å². The molecule has 3 unspecified atom stereocenters. The molecule has 3 atom stereocenters. The molecule has 0 spiro atoms. The molecule has 0 aromatic heterocycles. The van der Waals surface area contributed by atoms with Crippen LogP contribution in [0, 0.1) is 5.92 Å². The highest BCUT2D eigenvalue weighted by atomic mass is 16.5. The molecule has 2 heteroatoms. The average Bonchev–Trinajstić information content (AvgIpc) is 2.67. The number of para-hydroxylation sites is 1. The van der Waals surface area contributed by atoms with Gasteiger partial charge in [-0.2, -0.15) is 0 Å². The molecule has 98 valence electrons. The normalized spacial score (nSPS) is 31.5. The van der Waals surface area contributed by atoms with E-state index in [1.807, 2.05) is 0 Å². The molecule has 1 aliphatic carbocycles. The lowest BCUT2D eigenvalue weighted by Gasteiger charge is -2.21. The Bertz CT molecular complexity index is 404. The SMILES string of the molecule is CC1CCCC(NC2COc3ccccc32)CC1. The van der Waals surface area contributed by atoms with Gasteiger partial charge in [0.15, 0.2) is 0 Å². The minimum atomic E-state index is 0.402. The van der Waals surface area contributed by atoms with Crippen molar-refractivity contribution >= 4 is 0 Å². The first-order valence-electron chi connectivity index (χ1n) is 7.30. The van der Waals surface area contributed by atoms with E-state index < -0.39 is 0 Å². The van der Waals surface area contributed by atoms with Gasteiger partial charge < -0.3 is 10.1 Å². The molecule has 0 radical (unpaired) electrons. The molecule has 1 saturated carbocycles. The van der Waals surface area contributed by atoms with Gasteiger partial charge in [-0.15, -0.1) is 0 Å². The van der Waals surface area contributed by atoms with Gasteiger partial charge in [-0.1, -0.05) is 38.0 Å². The summed E-state index contributed by atoms with van der Waals surface area (Å²) in [6.07, 6.45) is 6.78. The van der Waals surface area contributed by atoms with Crippen molar-refractivity contribution in [1.29, 1.82) is 0 Å². The van der Waals surface area contributed by atoms with Crippen LogP contribution < -0.4 is 10.1 Å². The van der Waals surface area contributed by atoms with E-state index in [0.29, 0.717) is 12.1 Å². The second-order valence-corrected chi connectivity index (χ2v) is 5.88. The maximum Gasteiger partial charge on any atom is 0.124 e. The third kappa shape index (κ3) is 2.54. The molecule has 1 aromatic carbocycles. The molecule has 1 fully saturated rings. The molecule has 1 N–H and O–H groups in total. The van der Waals surface area contributed by atoms with Crippen LogP contribution in [0.25, 0.3) is 0 Å². The maximum absolute atomic E-state index is 5.74. The summed E-state index contributed by atoms with van der Waals surface area (Å²) >= 11 is 0. The predicted octanol–water partition coefficient (Wildman–Crippen LogP) is 3.68. The molecule has 3 rings (SSSR count).